The SMILES string of the molecule is CNC(=O)c1ccc(CNCCCCN2CCN(c3cccc(C)c3)CC2)cc1. The minimum Gasteiger partial charge on any atom is -0.369 e. The van der Waals surface area contributed by atoms with Crippen LogP contribution in [0.25, 0.3) is 0 Å². The molecule has 5 heteroatoms. The zero-order chi connectivity index (χ0) is 20.5. The lowest BCUT2D eigenvalue weighted by molar-refractivity contribution is 0.0963. The molecule has 0 saturated carbocycles. The predicted octanol–water partition coefficient (Wildman–Crippen LogP) is 3.05. The van der Waals surface area contributed by atoms with Gasteiger partial charge in [0.25, 0.3) is 5.91 Å². The smallest absolute Gasteiger partial charge is 0.251 e. The van der Waals surface area contributed by atoms with E-state index < -0.39 is 0 Å². The van der Waals surface area contributed by atoms with Crippen molar-refractivity contribution in [3.63, 3.8) is 0 Å². The standard InChI is InChI=1S/C24H34N4O/c1-20-6-5-7-23(18-20)28-16-14-27(15-17-28)13-4-3-12-26-19-21-8-10-22(11-9-21)24(29)25-2/h5-11,18,26H,3-4,12-17,19H2,1-2H3,(H,25,29). The number of nitrogens with one attached hydrogen (secondary N) is 2. The second kappa shape index (κ2) is 11.0. The molecule has 1 amide bonds. The minimum absolute atomic E-state index is 0.0378. The summed E-state index contributed by atoms with van der Waals surface area (Å²) in [5.74, 6) is -0.0378. The van der Waals surface area contributed by atoms with Crippen molar-refractivity contribution in [3.05, 3.63) is 65.2 Å². The number of unbranched alkanes of at least 4 members (excludes halogenated alkanes) is 1. The molecule has 1 aliphatic heterocycles. The Morgan fingerprint density at radius 1 is 1.00 bits per heavy atom. The average molecular weight is 395 g/mol. The first kappa shape index (κ1) is 21.3. The van der Waals surface area contributed by atoms with E-state index in [0.717, 1.165) is 39.3 Å². The van der Waals surface area contributed by atoms with Gasteiger partial charge < -0.3 is 15.5 Å². The molecule has 5 nitrogen and oxygen atoms in total. The molecule has 2 N–H and O–H groups in total. The molecule has 0 atom stereocenters. The van der Waals surface area contributed by atoms with E-state index in [1.165, 1.54) is 36.2 Å². The minimum atomic E-state index is -0.0378. The summed E-state index contributed by atoms with van der Waals surface area (Å²) in [6, 6.07) is 16.6. The normalized spacial score (nSPS) is 14.8. The van der Waals surface area contributed by atoms with Gasteiger partial charge in [0, 0.05) is 51.0 Å². The van der Waals surface area contributed by atoms with Crippen molar-refractivity contribution in [2.75, 3.05) is 51.2 Å². The zero-order valence-electron chi connectivity index (χ0n) is 17.8. The van der Waals surface area contributed by atoms with E-state index in [4.69, 9.17) is 0 Å². The van der Waals surface area contributed by atoms with Gasteiger partial charge in [0.15, 0.2) is 0 Å². The Bertz CT molecular complexity index is 767. The summed E-state index contributed by atoms with van der Waals surface area (Å²) in [5, 5.41) is 6.15. The van der Waals surface area contributed by atoms with Gasteiger partial charge in [0.1, 0.15) is 0 Å². The van der Waals surface area contributed by atoms with Crippen LogP contribution in [0, 0.1) is 6.92 Å². The second-order valence-electron chi connectivity index (χ2n) is 7.83. The highest BCUT2D eigenvalue weighted by Gasteiger charge is 2.16. The highest BCUT2D eigenvalue weighted by Crippen LogP contribution is 2.17. The molecule has 2 aromatic carbocycles. The number of carbonyl (C=O) groups excluding carboxylic acids is 1. The molecule has 0 aliphatic carbocycles. The summed E-state index contributed by atoms with van der Waals surface area (Å²) in [5.41, 5.74) is 4.61. The van der Waals surface area contributed by atoms with Crippen molar-refractivity contribution in [3.8, 4) is 0 Å². The Hall–Kier alpha value is -2.37. The van der Waals surface area contributed by atoms with E-state index >= 15 is 0 Å². The van der Waals surface area contributed by atoms with Crippen molar-refractivity contribution in [2.24, 2.45) is 0 Å². The van der Waals surface area contributed by atoms with E-state index in [1.807, 2.05) is 24.3 Å². The van der Waals surface area contributed by atoms with Crippen LogP contribution in [-0.2, 0) is 6.54 Å². The van der Waals surface area contributed by atoms with Gasteiger partial charge in [-0.2, -0.15) is 0 Å². The Morgan fingerprint density at radius 2 is 1.76 bits per heavy atom. The fraction of sp³-hybridized carbons (Fsp3) is 0.458. The van der Waals surface area contributed by atoms with Gasteiger partial charge in [-0.05, 0) is 68.2 Å². The van der Waals surface area contributed by atoms with Crippen molar-refractivity contribution >= 4 is 11.6 Å². The van der Waals surface area contributed by atoms with E-state index in [-0.39, 0.29) is 5.91 Å². The quantitative estimate of drug-likeness (QED) is 0.642. The number of piperazine rings is 1. The summed E-state index contributed by atoms with van der Waals surface area (Å²) >= 11 is 0. The molecule has 1 heterocycles. The molecule has 3 rings (SSSR count). The highest BCUT2D eigenvalue weighted by molar-refractivity contribution is 5.93. The maximum absolute atomic E-state index is 11.6. The average Bonchev–Trinajstić information content (AvgIpc) is 2.76. The first-order valence-electron chi connectivity index (χ1n) is 10.7. The summed E-state index contributed by atoms with van der Waals surface area (Å²) in [4.78, 5) is 16.6. The summed E-state index contributed by atoms with van der Waals surface area (Å²) in [7, 11) is 1.65. The third-order valence-corrected chi connectivity index (χ3v) is 5.59. The number of hydrogen-bond acceptors (Lipinski definition) is 4. The second-order valence-corrected chi connectivity index (χ2v) is 7.83. The Labute approximate surface area is 175 Å². The number of hydrogen-bond donors (Lipinski definition) is 2. The van der Waals surface area contributed by atoms with Crippen LogP contribution in [0.4, 0.5) is 5.69 Å². The maximum Gasteiger partial charge on any atom is 0.251 e. The molecule has 1 fully saturated rings. The third kappa shape index (κ3) is 6.58. The molecule has 0 bridgehead atoms. The van der Waals surface area contributed by atoms with Gasteiger partial charge in [0.2, 0.25) is 0 Å². The van der Waals surface area contributed by atoms with Crippen LogP contribution in [0.5, 0.6) is 0 Å². The van der Waals surface area contributed by atoms with Crippen LogP contribution in [-0.4, -0.2) is 57.1 Å². The van der Waals surface area contributed by atoms with E-state index in [2.05, 4.69) is 51.6 Å². The molecule has 1 aliphatic rings. The molecule has 0 radical (unpaired) electrons. The summed E-state index contributed by atoms with van der Waals surface area (Å²) in [6.45, 7) is 9.76. The molecule has 0 unspecified atom stereocenters. The molecule has 156 valence electrons. The van der Waals surface area contributed by atoms with Crippen LogP contribution < -0.4 is 15.5 Å². The van der Waals surface area contributed by atoms with E-state index in [1.54, 1.807) is 7.05 Å². The predicted molar refractivity (Wildman–Crippen MR) is 121 cm³/mol. The first-order chi connectivity index (χ1) is 14.2. The van der Waals surface area contributed by atoms with Crippen LogP contribution >= 0.6 is 0 Å². The van der Waals surface area contributed by atoms with Gasteiger partial charge in [-0.3, -0.25) is 9.69 Å². The number of amides is 1. The van der Waals surface area contributed by atoms with Gasteiger partial charge in [0.05, 0.1) is 0 Å². The van der Waals surface area contributed by atoms with Gasteiger partial charge in [-0.25, -0.2) is 0 Å². The molecule has 2 aromatic rings. The molecular weight excluding hydrogens is 360 g/mol. The zero-order valence-corrected chi connectivity index (χ0v) is 17.8. The third-order valence-electron chi connectivity index (χ3n) is 5.59. The number of aryl methyl sites for hydroxylation is 1. The van der Waals surface area contributed by atoms with Gasteiger partial charge in [-0.15, -0.1) is 0 Å². The number of rotatable bonds is 9. The van der Waals surface area contributed by atoms with Crippen LogP contribution in [0.15, 0.2) is 48.5 Å². The van der Waals surface area contributed by atoms with Gasteiger partial charge in [-0.1, -0.05) is 24.3 Å². The number of anilines is 1. The first-order valence-corrected chi connectivity index (χ1v) is 10.7. The van der Waals surface area contributed by atoms with E-state index in [9.17, 15) is 4.79 Å². The maximum atomic E-state index is 11.6. The Kier molecular flexibility index (Phi) is 8.08. The van der Waals surface area contributed by atoms with Crippen molar-refractivity contribution in [2.45, 2.75) is 26.3 Å². The molecule has 1 saturated heterocycles. The number of benzene rings is 2. The van der Waals surface area contributed by atoms with Crippen molar-refractivity contribution in [1.82, 2.24) is 15.5 Å². The van der Waals surface area contributed by atoms with Crippen LogP contribution in [0.2, 0.25) is 0 Å². The molecule has 29 heavy (non-hydrogen) atoms. The monoisotopic (exact) mass is 394 g/mol. The summed E-state index contributed by atoms with van der Waals surface area (Å²) < 4.78 is 0. The Morgan fingerprint density at radius 3 is 2.45 bits per heavy atom. The topological polar surface area (TPSA) is 47.6 Å². The largest absolute Gasteiger partial charge is 0.369 e. The highest BCUT2D eigenvalue weighted by atomic mass is 16.1. The fourth-order valence-electron chi connectivity index (χ4n) is 3.79. The lowest BCUT2D eigenvalue weighted by Gasteiger charge is -2.36. The van der Waals surface area contributed by atoms with Gasteiger partial charge >= 0.3 is 0 Å². The number of nitrogens with zero attached hydrogens (tertiary/aromatic N) is 2. The lowest BCUT2D eigenvalue weighted by Crippen LogP contribution is -2.46. The van der Waals surface area contributed by atoms with Crippen LogP contribution in [0.1, 0.15) is 34.3 Å². The fourth-order valence-corrected chi connectivity index (χ4v) is 3.79. The molecule has 0 aromatic heterocycles. The number of carbonyl (C=O) groups is 1. The van der Waals surface area contributed by atoms with E-state index in [0.29, 0.717) is 5.56 Å². The van der Waals surface area contributed by atoms with Crippen molar-refractivity contribution in [1.29, 1.82) is 0 Å². The Balaban J connectivity index is 1.26. The van der Waals surface area contributed by atoms with Crippen LogP contribution in [0.3, 0.4) is 0 Å². The van der Waals surface area contributed by atoms with Crippen molar-refractivity contribution < 1.29 is 4.79 Å². The summed E-state index contributed by atoms with van der Waals surface area (Å²) in [6.07, 6.45) is 2.42. The lowest BCUT2D eigenvalue weighted by atomic mass is 10.1. The molecule has 0 spiro atoms. The molecular formula is C24H34N4O.